The fraction of sp³-hybridized carbons (Fsp3) is 0.228. The zero-order chi connectivity index (χ0) is 40.6. The van der Waals surface area contributed by atoms with Gasteiger partial charge in [0.25, 0.3) is 0 Å². The van der Waals surface area contributed by atoms with Crippen LogP contribution in [0.25, 0.3) is 98.0 Å². The molecule has 290 valence electrons. The molecule has 2 heteroatoms. The van der Waals surface area contributed by atoms with Crippen LogP contribution in [0.2, 0.25) is 0 Å². The highest BCUT2D eigenvalue weighted by molar-refractivity contribution is 6.27. The first-order chi connectivity index (χ1) is 28.4. The van der Waals surface area contributed by atoms with Crippen LogP contribution in [-0.4, -0.2) is 13.1 Å². The summed E-state index contributed by atoms with van der Waals surface area (Å²) in [5.74, 6) is 0. The zero-order valence-electron chi connectivity index (χ0n) is 35.2. The molecule has 10 aromatic rings. The largest absolute Gasteiger partial charge is 0.330 e. The number of hydrogen-bond acceptors (Lipinski definition) is 2. The van der Waals surface area contributed by atoms with E-state index in [9.17, 15) is 0 Å². The summed E-state index contributed by atoms with van der Waals surface area (Å²) < 4.78 is 0. The summed E-state index contributed by atoms with van der Waals surface area (Å²) in [4.78, 5) is 0. The molecule has 4 N–H and O–H groups in total. The van der Waals surface area contributed by atoms with Crippen molar-refractivity contribution in [3.8, 4) is 33.4 Å². The number of hydrogen-bond donors (Lipinski definition) is 2. The Morgan fingerprint density at radius 1 is 0.407 bits per heavy atom. The van der Waals surface area contributed by atoms with E-state index < -0.39 is 0 Å². The number of benzene rings is 10. The lowest BCUT2D eigenvalue weighted by Crippen LogP contribution is -2.35. The van der Waals surface area contributed by atoms with E-state index in [1.807, 2.05) is 0 Å². The molecule has 11 rings (SSSR count). The van der Waals surface area contributed by atoms with E-state index in [1.165, 1.54) is 120 Å². The minimum Gasteiger partial charge on any atom is -0.330 e. The molecule has 0 aromatic heterocycles. The van der Waals surface area contributed by atoms with Gasteiger partial charge in [0.1, 0.15) is 0 Å². The Morgan fingerprint density at radius 2 is 0.780 bits per heavy atom. The molecule has 0 spiro atoms. The second-order valence-corrected chi connectivity index (χ2v) is 19.6. The van der Waals surface area contributed by atoms with Crippen LogP contribution in [-0.2, 0) is 16.2 Å². The van der Waals surface area contributed by atoms with Crippen LogP contribution in [0.15, 0.2) is 133 Å². The van der Waals surface area contributed by atoms with Crippen LogP contribution in [0.5, 0.6) is 0 Å². The van der Waals surface area contributed by atoms with E-state index in [1.54, 1.807) is 0 Å². The molecule has 0 saturated heterocycles. The van der Waals surface area contributed by atoms with Crippen molar-refractivity contribution in [2.45, 2.75) is 70.6 Å². The normalized spacial score (nSPS) is 14.2. The van der Waals surface area contributed by atoms with Gasteiger partial charge in [-0.2, -0.15) is 0 Å². The van der Waals surface area contributed by atoms with Crippen molar-refractivity contribution in [1.82, 2.24) is 0 Å². The maximum absolute atomic E-state index is 7.04. The minimum absolute atomic E-state index is 0.0798. The Hall–Kier alpha value is -5.80. The molecular formula is C57H52N2. The first-order valence-corrected chi connectivity index (χ1v) is 21.5. The van der Waals surface area contributed by atoms with Crippen LogP contribution in [0.3, 0.4) is 0 Å². The molecule has 10 aromatic carbocycles. The lowest BCUT2D eigenvalue weighted by Gasteiger charge is -2.31. The van der Waals surface area contributed by atoms with E-state index in [2.05, 4.69) is 175 Å². The Kier molecular flexibility index (Phi) is 7.75. The van der Waals surface area contributed by atoms with Gasteiger partial charge in [-0.3, -0.25) is 0 Å². The average Bonchev–Trinajstić information content (AvgIpc) is 3.51. The molecule has 0 atom stereocenters. The molecule has 0 bridgehead atoms. The van der Waals surface area contributed by atoms with Crippen LogP contribution >= 0.6 is 0 Å². The molecule has 1 aliphatic rings. The smallest absolute Gasteiger partial charge is 0.0338 e. The van der Waals surface area contributed by atoms with Crippen LogP contribution < -0.4 is 11.5 Å². The summed E-state index contributed by atoms with van der Waals surface area (Å²) in [6, 6.07) is 51.8. The molecule has 0 saturated carbocycles. The van der Waals surface area contributed by atoms with Crippen molar-refractivity contribution < 1.29 is 0 Å². The third-order valence-corrected chi connectivity index (χ3v) is 14.1. The van der Waals surface area contributed by atoms with Gasteiger partial charge < -0.3 is 11.5 Å². The number of fused-ring (bicyclic) bond motifs is 3. The quantitative estimate of drug-likeness (QED) is 0.166. The van der Waals surface area contributed by atoms with Crippen molar-refractivity contribution in [3.63, 3.8) is 0 Å². The van der Waals surface area contributed by atoms with Gasteiger partial charge in [0, 0.05) is 12.0 Å². The topological polar surface area (TPSA) is 52.0 Å². The van der Waals surface area contributed by atoms with Gasteiger partial charge in [0.2, 0.25) is 0 Å². The maximum Gasteiger partial charge on any atom is 0.0338 e. The Morgan fingerprint density at radius 3 is 1.17 bits per heavy atom. The molecular weight excluding hydrogens is 713 g/mol. The predicted octanol–water partition coefficient (Wildman–Crippen LogP) is 14.4. The maximum atomic E-state index is 7.04. The summed E-state index contributed by atoms with van der Waals surface area (Å²) in [5.41, 5.74) is 26.1. The van der Waals surface area contributed by atoms with Gasteiger partial charge in [-0.25, -0.2) is 0 Å². The fourth-order valence-corrected chi connectivity index (χ4v) is 10.8. The van der Waals surface area contributed by atoms with Crippen LogP contribution in [0.1, 0.15) is 76.6 Å². The van der Waals surface area contributed by atoms with Gasteiger partial charge >= 0.3 is 0 Å². The zero-order valence-corrected chi connectivity index (χ0v) is 35.2. The third-order valence-electron chi connectivity index (χ3n) is 14.1. The molecule has 0 unspecified atom stereocenters. The molecule has 0 aliphatic heterocycles. The molecule has 2 nitrogen and oxygen atoms in total. The number of rotatable bonds is 6. The van der Waals surface area contributed by atoms with E-state index in [0.717, 1.165) is 12.8 Å². The minimum atomic E-state index is -0.351. The van der Waals surface area contributed by atoms with Crippen LogP contribution in [0, 0.1) is 0 Å². The Balaban J connectivity index is 1.07. The van der Waals surface area contributed by atoms with Crippen molar-refractivity contribution in [1.29, 1.82) is 0 Å². The average molecular weight is 765 g/mol. The van der Waals surface area contributed by atoms with Crippen LogP contribution in [0.4, 0.5) is 0 Å². The molecule has 59 heavy (non-hydrogen) atoms. The Labute approximate surface area is 347 Å². The van der Waals surface area contributed by atoms with Crippen molar-refractivity contribution >= 4 is 64.6 Å². The Bertz CT molecular complexity index is 3060. The number of nitrogens with two attached hydrogens (primary N) is 2. The van der Waals surface area contributed by atoms with Gasteiger partial charge in [-0.15, -0.1) is 0 Å². The van der Waals surface area contributed by atoms with Gasteiger partial charge in [0.05, 0.1) is 0 Å². The van der Waals surface area contributed by atoms with Gasteiger partial charge in [0.15, 0.2) is 0 Å². The second kappa shape index (κ2) is 12.6. The molecule has 1 aliphatic carbocycles. The summed E-state index contributed by atoms with van der Waals surface area (Å²) in [6.07, 6.45) is 1.80. The van der Waals surface area contributed by atoms with E-state index in [-0.39, 0.29) is 16.2 Å². The van der Waals surface area contributed by atoms with E-state index in [4.69, 9.17) is 11.5 Å². The first-order valence-electron chi connectivity index (χ1n) is 21.5. The summed E-state index contributed by atoms with van der Waals surface area (Å²) in [5, 5.41) is 15.8. The predicted molar refractivity (Wildman–Crippen MR) is 256 cm³/mol. The van der Waals surface area contributed by atoms with Crippen molar-refractivity contribution in [3.05, 3.63) is 156 Å². The van der Waals surface area contributed by atoms with E-state index >= 15 is 0 Å². The molecule has 0 radical (unpaired) electrons. The fourth-order valence-electron chi connectivity index (χ4n) is 10.8. The highest BCUT2D eigenvalue weighted by Gasteiger charge is 2.42. The summed E-state index contributed by atoms with van der Waals surface area (Å²) in [7, 11) is 0. The van der Waals surface area contributed by atoms with Crippen molar-refractivity contribution in [2.24, 2.45) is 11.5 Å². The standard InChI is InChI=1S/C57H52N2/c1-55(2,3)41-26-37-10-8-33-12-18-43(47-22-16-39(28-41)51(37)53(33)47)35-14-20-45-46-21-15-36(31-50(46)57(32-59,24-7-25-58)49(45)30-35)44-19-13-34-9-11-38-27-42(56(4,5)6)29-40-17-23-48(44)54(34)52(38)40/h8-23,26-31H,7,24-25,32,58-59H2,1-6H3. The molecule has 0 fully saturated rings. The van der Waals surface area contributed by atoms with Gasteiger partial charge in [-0.1, -0.05) is 163 Å². The lowest BCUT2D eigenvalue weighted by atomic mass is 9.73. The molecule has 0 heterocycles. The van der Waals surface area contributed by atoms with Crippen molar-refractivity contribution in [2.75, 3.05) is 13.1 Å². The summed E-state index contributed by atoms with van der Waals surface area (Å²) >= 11 is 0. The SMILES string of the molecule is CC(C)(C)c1cc2ccc3ccc(-c4ccc5c(c4)C(CN)(CCCN)c4cc(-c6ccc7ccc8cc(C(C)(C)C)cc9ccc6c7c89)ccc4-5)c4ccc(c1)c2c34. The molecule has 0 amide bonds. The lowest BCUT2D eigenvalue weighted by molar-refractivity contribution is 0.479. The summed E-state index contributed by atoms with van der Waals surface area (Å²) in [6.45, 7) is 14.9. The highest BCUT2D eigenvalue weighted by Crippen LogP contribution is 2.54. The monoisotopic (exact) mass is 764 g/mol. The third kappa shape index (κ3) is 5.26. The first kappa shape index (κ1) is 36.3. The van der Waals surface area contributed by atoms with E-state index in [0.29, 0.717) is 13.1 Å². The second-order valence-electron chi connectivity index (χ2n) is 19.6. The highest BCUT2D eigenvalue weighted by atomic mass is 14.6. The van der Waals surface area contributed by atoms with Gasteiger partial charge in [-0.05, 0) is 163 Å².